The summed E-state index contributed by atoms with van der Waals surface area (Å²) >= 11 is 0. The second kappa shape index (κ2) is 6.93. The van der Waals surface area contributed by atoms with Crippen LogP contribution >= 0.6 is 0 Å². The summed E-state index contributed by atoms with van der Waals surface area (Å²) in [5.74, 6) is -0.279. The molecule has 0 saturated carbocycles. The van der Waals surface area contributed by atoms with Crippen LogP contribution in [0.2, 0.25) is 0 Å². The van der Waals surface area contributed by atoms with Crippen molar-refractivity contribution in [2.75, 3.05) is 11.9 Å². The smallest absolute Gasteiger partial charge is 0.338 e. The molecule has 0 unspecified atom stereocenters. The van der Waals surface area contributed by atoms with E-state index in [0.717, 1.165) is 12.2 Å². The van der Waals surface area contributed by atoms with Gasteiger partial charge >= 0.3 is 5.97 Å². The number of ether oxygens (including phenoxy) is 1. The quantitative estimate of drug-likeness (QED) is 0.840. The van der Waals surface area contributed by atoms with Gasteiger partial charge in [0, 0.05) is 12.2 Å². The fourth-order valence-corrected chi connectivity index (χ4v) is 2.13. The fraction of sp³-hybridized carbons (Fsp3) is 0.278. The molecule has 2 aromatic rings. The van der Waals surface area contributed by atoms with Crippen molar-refractivity contribution in [3.05, 3.63) is 64.7 Å². The van der Waals surface area contributed by atoms with Crippen LogP contribution in [0.25, 0.3) is 0 Å². The Labute approximate surface area is 126 Å². The zero-order chi connectivity index (χ0) is 15.2. The maximum atomic E-state index is 11.6. The van der Waals surface area contributed by atoms with Gasteiger partial charge in [0.1, 0.15) is 0 Å². The zero-order valence-electron chi connectivity index (χ0n) is 12.8. The molecule has 0 spiro atoms. The van der Waals surface area contributed by atoms with Crippen molar-refractivity contribution in [3.63, 3.8) is 0 Å². The number of hydrogen-bond donors (Lipinski definition) is 1. The Hall–Kier alpha value is -2.29. The van der Waals surface area contributed by atoms with Crippen LogP contribution in [0.4, 0.5) is 5.69 Å². The number of rotatable bonds is 5. The molecule has 0 aromatic heterocycles. The molecule has 2 rings (SSSR count). The normalized spacial score (nSPS) is 10.2. The summed E-state index contributed by atoms with van der Waals surface area (Å²) in [6, 6.07) is 13.8. The number of anilines is 1. The van der Waals surface area contributed by atoms with Crippen LogP contribution in [0.1, 0.15) is 34.0 Å². The number of aryl methyl sites for hydroxylation is 2. The van der Waals surface area contributed by atoms with Gasteiger partial charge in [-0.1, -0.05) is 23.8 Å². The van der Waals surface area contributed by atoms with Crippen molar-refractivity contribution in [2.24, 2.45) is 0 Å². The molecule has 0 radical (unpaired) electrons. The lowest BCUT2D eigenvalue weighted by Crippen LogP contribution is -2.05. The molecule has 110 valence electrons. The largest absolute Gasteiger partial charge is 0.462 e. The van der Waals surface area contributed by atoms with Crippen molar-refractivity contribution in [1.29, 1.82) is 0 Å². The molecular formula is C18H21NO2. The highest BCUT2D eigenvalue weighted by Crippen LogP contribution is 2.15. The van der Waals surface area contributed by atoms with E-state index in [0.29, 0.717) is 12.2 Å². The van der Waals surface area contributed by atoms with Gasteiger partial charge < -0.3 is 10.1 Å². The summed E-state index contributed by atoms with van der Waals surface area (Å²) in [5, 5.41) is 3.38. The molecule has 0 saturated heterocycles. The lowest BCUT2D eigenvalue weighted by molar-refractivity contribution is 0.0526. The van der Waals surface area contributed by atoms with Gasteiger partial charge in [-0.3, -0.25) is 0 Å². The molecule has 0 aliphatic carbocycles. The van der Waals surface area contributed by atoms with Crippen molar-refractivity contribution in [3.8, 4) is 0 Å². The third-order valence-corrected chi connectivity index (χ3v) is 3.38. The Morgan fingerprint density at radius 2 is 1.81 bits per heavy atom. The van der Waals surface area contributed by atoms with Crippen LogP contribution in [0.3, 0.4) is 0 Å². The summed E-state index contributed by atoms with van der Waals surface area (Å²) in [4.78, 5) is 11.6. The number of nitrogens with one attached hydrogen (secondary N) is 1. The van der Waals surface area contributed by atoms with Gasteiger partial charge in [-0.05, 0) is 56.2 Å². The van der Waals surface area contributed by atoms with Gasteiger partial charge in [0.2, 0.25) is 0 Å². The minimum absolute atomic E-state index is 0.279. The number of carbonyl (C=O) groups excluding carboxylic acids is 1. The van der Waals surface area contributed by atoms with Gasteiger partial charge in [0.05, 0.1) is 12.2 Å². The Kier molecular flexibility index (Phi) is 4.99. The zero-order valence-corrected chi connectivity index (χ0v) is 12.8. The fourth-order valence-electron chi connectivity index (χ4n) is 2.13. The van der Waals surface area contributed by atoms with Crippen LogP contribution in [0, 0.1) is 13.8 Å². The van der Waals surface area contributed by atoms with Crippen molar-refractivity contribution in [1.82, 2.24) is 0 Å². The molecule has 0 atom stereocenters. The Morgan fingerprint density at radius 1 is 1.10 bits per heavy atom. The minimum Gasteiger partial charge on any atom is -0.462 e. The van der Waals surface area contributed by atoms with E-state index in [1.165, 1.54) is 16.7 Å². The van der Waals surface area contributed by atoms with Gasteiger partial charge in [0.25, 0.3) is 0 Å². The molecule has 0 bridgehead atoms. The first-order chi connectivity index (χ1) is 10.1. The lowest BCUT2D eigenvalue weighted by Gasteiger charge is -2.10. The summed E-state index contributed by atoms with van der Waals surface area (Å²) in [6.07, 6.45) is 0. The van der Waals surface area contributed by atoms with Crippen molar-refractivity contribution >= 4 is 11.7 Å². The van der Waals surface area contributed by atoms with Crippen LogP contribution in [-0.2, 0) is 11.3 Å². The van der Waals surface area contributed by atoms with Gasteiger partial charge in [-0.15, -0.1) is 0 Å². The number of esters is 1. The van der Waals surface area contributed by atoms with Crippen molar-refractivity contribution < 1.29 is 9.53 Å². The molecule has 0 heterocycles. The van der Waals surface area contributed by atoms with Crippen LogP contribution < -0.4 is 5.32 Å². The topological polar surface area (TPSA) is 38.3 Å². The summed E-state index contributed by atoms with van der Waals surface area (Å²) in [6.45, 7) is 7.17. The van der Waals surface area contributed by atoms with E-state index < -0.39 is 0 Å². The molecule has 0 amide bonds. The second-order valence-corrected chi connectivity index (χ2v) is 5.08. The molecule has 21 heavy (non-hydrogen) atoms. The molecule has 3 nitrogen and oxygen atoms in total. The van der Waals surface area contributed by atoms with E-state index in [9.17, 15) is 4.79 Å². The Morgan fingerprint density at radius 3 is 2.48 bits per heavy atom. The monoisotopic (exact) mass is 283 g/mol. The SMILES string of the molecule is CCOC(=O)c1ccc(NCc2cc(C)ccc2C)cc1. The van der Waals surface area contributed by atoms with E-state index >= 15 is 0 Å². The summed E-state index contributed by atoms with van der Waals surface area (Å²) in [7, 11) is 0. The molecule has 0 aliphatic rings. The average Bonchev–Trinajstić information content (AvgIpc) is 2.49. The maximum absolute atomic E-state index is 11.6. The minimum atomic E-state index is -0.279. The van der Waals surface area contributed by atoms with Crippen LogP contribution in [-0.4, -0.2) is 12.6 Å². The molecule has 1 N–H and O–H groups in total. The number of hydrogen-bond acceptors (Lipinski definition) is 3. The van der Waals surface area contributed by atoms with Crippen LogP contribution in [0.15, 0.2) is 42.5 Å². The number of carbonyl (C=O) groups is 1. The molecular weight excluding hydrogens is 262 g/mol. The predicted octanol–water partition coefficient (Wildman–Crippen LogP) is 4.09. The molecule has 0 fully saturated rings. The highest BCUT2D eigenvalue weighted by Gasteiger charge is 2.05. The Balaban J connectivity index is 2.00. The third kappa shape index (κ3) is 4.09. The average molecular weight is 283 g/mol. The van der Waals surface area contributed by atoms with E-state index in [-0.39, 0.29) is 5.97 Å². The highest BCUT2D eigenvalue weighted by atomic mass is 16.5. The number of benzene rings is 2. The summed E-state index contributed by atoms with van der Waals surface area (Å²) in [5.41, 5.74) is 5.38. The van der Waals surface area contributed by atoms with E-state index in [1.807, 2.05) is 12.1 Å². The molecule has 3 heteroatoms. The maximum Gasteiger partial charge on any atom is 0.338 e. The first-order valence-electron chi connectivity index (χ1n) is 7.17. The molecule has 0 aliphatic heterocycles. The van der Waals surface area contributed by atoms with Gasteiger partial charge in [0.15, 0.2) is 0 Å². The van der Waals surface area contributed by atoms with Gasteiger partial charge in [-0.2, -0.15) is 0 Å². The lowest BCUT2D eigenvalue weighted by atomic mass is 10.1. The van der Waals surface area contributed by atoms with Crippen LogP contribution in [0.5, 0.6) is 0 Å². The first-order valence-corrected chi connectivity index (χ1v) is 7.17. The second-order valence-electron chi connectivity index (χ2n) is 5.08. The van der Waals surface area contributed by atoms with E-state index in [2.05, 4.69) is 37.4 Å². The van der Waals surface area contributed by atoms with E-state index in [4.69, 9.17) is 4.74 Å². The third-order valence-electron chi connectivity index (χ3n) is 3.38. The first kappa shape index (κ1) is 15.1. The van der Waals surface area contributed by atoms with Gasteiger partial charge in [-0.25, -0.2) is 4.79 Å². The van der Waals surface area contributed by atoms with E-state index in [1.54, 1.807) is 19.1 Å². The predicted molar refractivity (Wildman–Crippen MR) is 85.6 cm³/mol. The standard InChI is InChI=1S/C18H21NO2/c1-4-21-18(20)15-7-9-17(10-8-15)19-12-16-11-13(2)5-6-14(16)3/h5-11,19H,4,12H2,1-3H3. The molecule has 2 aromatic carbocycles. The Bertz CT molecular complexity index is 618. The summed E-state index contributed by atoms with van der Waals surface area (Å²) < 4.78 is 4.97. The highest BCUT2D eigenvalue weighted by molar-refractivity contribution is 5.89. The van der Waals surface area contributed by atoms with Crippen molar-refractivity contribution in [2.45, 2.75) is 27.3 Å².